The van der Waals surface area contributed by atoms with E-state index in [0.29, 0.717) is 6.54 Å². The summed E-state index contributed by atoms with van der Waals surface area (Å²) in [4.78, 5) is 18.4. The molecule has 2 heterocycles. The van der Waals surface area contributed by atoms with E-state index in [1.54, 1.807) is 11.3 Å². The molecule has 1 atom stereocenters. The third kappa shape index (κ3) is 4.01. The fourth-order valence-corrected chi connectivity index (χ4v) is 3.19. The molecule has 0 saturated carbocycles. The van der Waals surface area contributed by atoms with Gasteiger partial charge < -0.3 is 4.90 Å². The lowest BCUT2D eigenvalue weighted by Crippen LogP contribution is -2.43. The topological polar surface area (TPSA) is 45.2 Å². The summed E-state index contributed by atoms with van der Waals surface area (Å²) in [6, 6.07) is 0.202. The second kappa shape index (κ2) is 7.01. The van der Waals surface area contributed by atoms with Crippen LogP contribution in [-0.2, 0) is 4.79 Å². The quantitative estimate of drug-likeness (QED) is 0.901. The van der Waals surface area contributed by atoms with Gasteiger partial charge in [-0.05, 0) is 25.2 Å². The number of piperidine rings is 1. The standard InChI is InChI=1S/C14H23N3OS/c1-3-12(14-15-6-9-19-14)16-10-13(18)17-7-4-11(2)5-8-17/h6,9,11-12,16H,3-5,7-8,10H2,1-2H3. The summed E-state index contributed by atoms with van der Waals surface area (Å²) < 4.78 is 0. The monoisotopic (exact) mass is 281 g/mol. The Morgan fingerprint density at radius 1 is 1.58 bits per heavy atom. The first-order valence-corrected chi connectivity index (χ1v) is 7.99. The van der Waals surface area contributed by atoms with Crippen molar-refractivity contribution in [3.8, 4) is 0 Å². The predicted molar refractivity (Wildman–Crippen MR) is 78.1 cm³/mol. The predicted octanol–water partition coefficient (Wildman–Crippen LogP) is 2.44. The van der Waals surface area contributed by atoms with Gasteiger partial charge in [-0.2, -0.15) is 0 Å². The molecule has 2 rings (SSSR count). The van der Waals surface area contributed by atoms with Gasteiger partial charge >= 0.3 is 0 Å². The van der Waals surface area contributed by atoms with Crippen molar-refractivity contribution in [2.45, 2.75) is 39.2 Å². The molecule has 0 aromatic carbocycles. The Morgan fingerprint density at radius 2 is 2.32 bits per heavy atom. The van der Waals surface area contributed by atoms with Crippen LogP contribution in [0.25, 0.3) is 0 Å². The number of carbonyl (C=O) groups excluding carboxylic acids is 1. The number of carbonyl (C=O) groups is 1. The average molecular weight is 281 g/mol. The van der Waals surface area contributed by atoms with E-state index in [1.165, 1.54) is 0 Å². The maximum Gasteiger partial charge on any atom is 0.236 e. The summed E-state index contributed by atoms with van der Waals surface area (Å²) in [5, 5.41) is 6.39. The molecule has 4 nitrogen and oxygen atoms in total. The Labute approximate surface area is 119 Å². The van der Waals surface area contributed by atoms with Gasteiger partial charge in [0.2, 0.25) is 5.91 Å². The maximum absolute atomic E-state index is 12.1. The molecule has 1 N–H and O–H groups in total. The van der Waals surface area contributed by atoms with Gasteiger partial charge in [0, 0.05) is 24.7 Å². The average Bonchev–Trinajstić information content (AvgIpc) is 2.94. The number of thiazole rings is 1. The van der Waals surface area contributed by atoms with Crippen LogP contribution in [0.5, 0.6) is 0 Å². The molecule has 1 aromatic heterocycles. The normalized spacial score (nSPS) is 18.5. The van der Waals surface area contributed by atoms with Crippen molar-refractivity contribution in [1.29, 1.82) is 0 Å². The number of rotatable bonds is 5. The van der Waals surface area contributed by atoms with E-state index < -0.39 is 0 Å². The third-order valence-electron chi connectivity index (χ3n) is 3.79. The second-order valence-electron chi connectivity index (χ2n) is 5.28. The van der Waals surface area contributed by atoms with Crippen LogP contribution in [0.15, 0.2) is 11.6 Å². The zero-order chi connectivity index (χ0) is 13.7. The fraction of sp³-hybridized carbons (Fsp3) is 0.714. The highest BCUT2D eigenvalue weighted by atomic mass is 32.1. The van der Waals surface area contributed by atoms with Gasteiger partial charge in [-0.25, -0.2) is 4.98 Å². The van der Waals surface area contributed by atoms with Crippen molar-refractivity contribution in [3.63, 3.8) is 0 Å². The number of nitrogens with zero attached hydrogens (tertiary/aromatic N) is 2. The number of likely N-dealkylation sites (tertiary alicyclic amines) is 1. The molecule has 19 heavy (non-hydrogen) atoms. The molecule has 1 aliphatic heterocycles. The lowest BCUT2D eigenvalue weighted by molar-refractivity contribution is -0.131. The highest BCUT2D eigenvalue weighted by Crippen LogP contribution is 2.19. The van der Waals surface area contributed by atoms with Gasteiger partial charge in [0.25, 0.3) is 0 Å². The Morgan fingerprint density at radius 3 is 2.89 bits per heavy atom. The molecular weight excluding hydrogens is 258 g/mol. The minimum Gasteiger partial charge on any atom is -0.342 e. The van der Waals surface area contributed by atoms with Crippen LogP contribution in [-0.4, -0.2) is 35.4 Å². The van der Waals surface area contributed by atoms with Crippen LogP contribution in [0.4, 0.5) is 0 Å². The van der Waals surface area contributed by atoms with E-state index in [2.05, 4.69) is 24.1 Å². The van der Waals surface area contributed by atoms with Crippen LogP contribution in [0.2, 0.25) is 0 Å². The highest BCUT2D eigenvalue weighted by molar-refractivity contribution is 7.09. The summed E-state index contributed by atoms with van der Waals surface area (Å²) in [7, 11) is 0. The number of nitrogens with one attached hydrogen (secondary N) is 1. The number of hydrogen-bond donors (Lipinski definition) is 1. The zero-order valence-corrected chi connectivity index (χ0v) is 12.6. The smallest absolute Gasteiger partial charge is 0.236 e. The van der Waals surface area contributed by atoms with Crippen LogP contribution in [0.1, 0.15) is 44.2 Å². The molecule has 1 saturated heterocycles. The van der Waals surface area contributed by atoms with Crippen LogP contribution >= 0.6 is 11.3 Å². The van der Waals surface area contributed by atoms with E-state index >= 15 is 0 Å². The highest BCUT2D eigenvalue weighted by Gasteiger charge is 2.21. The first-order valence-electron chi connectivity index (χ1n) is 7.11. The molecule has 1 fully saturated rings. The minimum atomic E-state index is 0.202. The van der Waals surface area contributed by atoms with Gasteiger partial charge in [0.05, 0.1) is 12.6 Å². The molecule has 0 radical (unpaired) electrons. The van der Waals surface area contributed by atoms with Crippen LogP contribution in [0.3, 0.4) is 0 Å². The summed E-state index contributed by atoms with van der Waals surface area (Å²) in [6.07, 6.45) is 5.04. The van der Waals surface area contributed by atoms with Crippen molar-refractivity contribution in [1.82, 2.24) is 15.2 Å². The lowest BCUT2D eigenvalue weighted by Gasteiger charge is -2.30. The second-order valence-corrected chi connectivity index (χ2v) is 6.20. The van der Waals surface area contributed by atoms with E-state index in [0.717, 1.165) is 43.3 Å². The molecule has 1 aromatic rings. The van der Waals surface area contributed by atoms with Gasteiger partial charge in [-0.1, -0.05) is 13.8 Å². The van der Waals surface area contributed by atoms with Crippen LogP contribution < -0.4 is 5.32 Å². The molecule has 0 spiro atoms. The lowest BCUT2D eigenvalue weighted by atomic mass is 9.99. The molecule has 1 unspecified atom stereocenters. The number of amides is 1. The van der Waals surface area contributed by atoms with Crippen molar-refractivity contribution < 1.29 is 4.79 Å². The van der Waals surface area contributed by atoms with Crippen LogP contribution in [0, 0.1) is 5.92 Å². The zero-order valence-electron chi connectivity index (χ0n) is 11.8. The van der Waals surface area contributed by atoms with Crippen molar-refractivity contribution in [2.24, 2.45) is 5.92 Å². The summed E-state index contributed by atoms with van der Waals surface area (Å²) >= 11 is 1.64. The summed E-state index contributed by atoms with van der Waals surface area (Å²) in [6.45, 7) is 6.62. The maximum atomic E-state index is 12.1. The van der Waals surface area contributed by atoms with Crippen molar-refractivity contribution >= 4 is 17.2 Å². The van der Waals surface area contributed by atoms with E-state index in [1.807, 2.05) is 16.5 Å². The van der Waals surface area contributed by atoms with Gasteiger partial charge in [0.15, 0.2) is 0 Å². The Kier molecular flexibility index (Phi) is 5.34. The van der Waals surface area contributed by atoms with E-state index in [-0.39, 0.29) is 11.9 Å². The van der Waals surface area contributed by atoms with Gasteiger partial charge in [-0.3, -0.25) is 10.1 Å². The molecule has 0 bridgehead atoms. The molecule has 1 amide bonds. The first-order chi connectivity index (χ1) is 9.20. The van der Waals surface area contributed by atoms with E-state index in [4.69, 9.17) is 0 Å². The van der Waals surface area contributed by atoms with Gasteiger partial charge in [-0.15, -0.1) is 11.3 Å². The molecule has 0 aliphatic carbocycles. The van der Waals surface area contributed by atoms with Crippen molar-refractivity contribution in [2.75, 3.05) is 19.6 Å². The summed E-state index contributed by atoms with van der Waals surface area (Å²) in [5.74, 6) is 0.984. The Hall–Kier alpha value is -0.940. The molecule has 5 heteroatoms. The largest absolute Gasteiger partial charge is 0.342 e. The third-order valence-corrected chi connectivity index (χ3v) is 4.68. The summed E-state index contributed by atoms with van der Waals surface area (Å²) in [5.41, 5.74) is 0. The fourth-order valence-electron chi connectivity index (χ4n) is 2.39. The van der Waals surface area contributed by atoms with Crippen molar-refractivity contribution in [3.05, 3.63) is 16.6 Å². The molecule has 1 aliphatic rings. The molecule has 106 valence electrons. The Balaban J connectivity index is 1.79. The van der Waals surface area contributed by atoms with Gasteiger partial charge in [0.1, 0.15) is 5.01 Å². The molecular formula is C14H23N3OS. The Bertz CT molecular complexity index is 385. The number of hydrogen-bond acceptors (Lipinski definition) is 4. The SMILES string of the molecule is CCC(NCC(=O)N1CCC(C)CC1)c1nccs1. The minimum absolute atomic E-state index is 0.202. The van der Waals surface area contributed by atoms with E-state index in [9.17, 15) is 4.79 Å². The first kappa shape index (κ1) is 14.5. The number of aromatic nitrogens is 1.